The molecular weight excluding hydrogens is 212 g/mol. The molecule has 2 atom stereocenters. The van der Waals surface area contributed by atoms with Gasteiger partial charge in [0.2, 0.25) is 0 Å². The summed E-state index contributed by atoms with van der Waals surface area (Å²) in [5.74, 6) is 2.34. The first kappa shape index (κ1) is 12.2. The number of carbonyl (C=O) groups is 1. The fourth-order valence-corrected chi connectivity index (χ4v) is 2.83. The van der Waals surface area contributed by atoms with E-state index in [0.29, 0.717) is 17.6 Å². The molecule has 2 heteroatoms. The van der Waals surface area contributed by atoms with Crippen molar-refractivity contribution < 1.29 is 9.53 Å². The number of carbonyl (C=O) groups excluding carboxylic acids is 1. The Bertz CT molecular complexity index is 423. The van der Waals surface area contributed by atoms with Crippen molar-refractivity contribution in [3.05, 3.63) is 29.3 Å². The average Bonchev–Trinajstić information content (AvgIpc) is 2.29. The van der Waals surface area contributed by atoms with E-state index in [2.05, 4.69) is 26.0 Å². The summed E-state index contributed by atoms with van der Waals surface area (Å²) in [6.07, 6.45) is 2.46. The number of Topliss-reactive ketones (excluding diaryl/α,β-unsaturated/α-hetero) is 1. The number of ether oxygens (including phenoxy) is 1. The van der Waals surface area contributed by atoms with Gasteiger partial charge in [-0.1, -0.05) is 19.1 Å². The monoisotopic (exact) mass is 232 g/mol. The minimum Gasteiger partial charge on any atom is -0.496 e. The molecule has 1 aromatic carbocycles. The lowest BCUT2D eigenvalue weighted by Gasteiger charge is -2.28. The van der Waals surface area contributed by atoms with E-state index in [1.807, 2.05) is 6.07 Å². The maximum atomic E-state index is 11.4. The van der Waals surface area contributed by atoms with Crippen molar-refractivity contribution in [2.75, 3.05) is 7.11 Å². The van der Waals surface area contributed by atoms with Gasteiger partial charge >= 0.3 is 0 Å². The number of hydrogen-bond donors (Lipinski definition) is 0. The van der Waals surface area contributed by atoms with Crippen LogP contribution in [0.1, 0.15) is 43.2 Å². The van der Waals surface area contributed by atoms with Crippen molar-refractivity contribution in [3.8, 4) is 5.75 Å². The van der Waals surface area contributed by atoms with Crippen molar-refractivity contribution in [3.63, 3.8) is 0 Å². The van der Waals surface area contributed by atoms with Crippen molar-refractivity contribution in [2.24, 2.45) is 5.92 Å². The Kier molecular flexibility index (Phi) is 3.51. The minimum absolute atomic E-state index is 0.416. The van der Waals surface area contributed by atoms with Crippen LogP contribution in [0, 0.1) is 12.8 Å². The number of hydrogen-bond acceptors (Lipinski definition) is 2. The van der Waals surface area contributed by atoms with Crippen molar-refractivity contribution >= 4 is 5.78 Å². The summed E-state index contributed by atoms with van der Waals surface area (Å²) in [4.78, 5) is 11.4. The third-order valence-corrected chi connectivity index (χ3v) is 3.82. The van der Waals surface area contributed by atoms with Crippen LogP contribution in [0.3, 0.4) is 0 Å². The van der Waals surface area contributed by atoms with Crippen LogP contribution < -0.4 is 4.74 Å². The first-order valence-electron chi connectivity index (χ1n) is 6.28. The van der Waals surface area contributed by atoms with Gasteiger partial charge in [0.1, 0.15) is 11.5 Å². The quantitative estimate of drug-likeness (QED) is 0.780. The summed E-state index contributed by atoms with van der Waals surface area (Å²) < 4.78 is 5.28. The van der Waals surface area contributed by atoms with E-state index < -0.39 is 0 Å². The van der Waals surface area contributed by atoms with Crippen LogP contribution in [0.2, 0.25) is 0 Å². The Hall–Kier alpha value is -1.31. The zero-order chi connectivity index (χ0) is 12.4. The van der Waals surface area contributed by atoms with E-state index >= 15 is 0 Å². The standard InChI is InChI=1S/C15H20O2/c1-10-9-13(16)5-6-14(10)12-4-7-15(17-3)11(2)8-12/h4,7-8,10,14H,5-6,9H2,1-3H3. The van der Waals surface area contributed by atoms with Gasteiger partial charge in [-0.25, -0.2) is 0 Å². The molecule has 0 spiro atoms. The van der Waals surface area contributed by atoms with E-state index in [9.17, 15) is 4.79 Å². The lowest BCUT2D eigenvalue weighted by Crippen LogP contribution is -2.21. The third kappa shape index (κ3) is 2.51. The van der Waals surface area contributed by atoms with Crippen LogP contribution in [0.25, 0.3) is 0 Å². The Labute approximate surface area is 103 Å². The fourth-order valence-electron chi connectivity index (χ4n) is 2.83. The molecule has 0 amide bonds. The molecule has 0 N–H and O–H groups in total. The molecule has 1 aromatic rings. The van der Waals surface area contributed by atoms with Gasteiger partial charge in [0, 0.05) is 12.8 Å². The second kappa shape index (κ2) is 4.91. The lowest BCUT2D eigenvalue weighted by molar-refractivity contribution is -0.121. The Morgan fingerprint density at radius 2 is 2.12 bits per heavy atom. The molecular formula is C15H20O2. The molecule has 0 heterocycles. The second-order valence-electron chi connectivity index (χ2n) is 5.09. The summed E-state index contributed by atoms with van der Waals surface area (Å²) in [7, 11) is 1.70. The van der Waals surface area contributed by atoms with Crippen LogP contribution >= 0.6 is 0 Å². The van der Waals surface area contributed by atoms with Gasteiger partial charge in [0.25, 0.3) is 0 Å². The number of ketones is 1. The van der Waals surface area contributed by atoms with Gasteiger partial charge in [0.15, 0.2) is 0 Å². The molecule has 1 fully saturated rings. The number of aryl methyl sites for hydroxylation is 1. The van der Waals surface area contributed by atoms with E-state index in [4.69, 9.17) is 4.74 Å². The normalized spacial score (nSPS) is 24.8. The largest absolute Gasteiger partial charge is 0.496 e. The van der Waals surface area contributed by atoms with Gasteiger partial charge in [0.05, 0.1) is 7.11 Å². The van der Waals surface area contributed by atoms with Crippen LogP contribution in [-0.4, -0.2) is 12.9 Å². The van der Waals surface area contributed by atoms with Crippen LogP contribution in [0.15, 0.2) is 18.2 Å². The molecule has 0 aromatic heterocycles. The minimum atomic E-state index is 0.416. The van der Waals surface area contributed by atoms with Crippen molar-refractivity contribution in [1.82, 2.24) is 0 Å². The molecule has 92 valence electrons. The van der Waals surface area contributed by atoms with Crippen LogP contribution in [0.4, 0.5) is 0 Å². The number of rotatable bonds is 2. The first-order valence-corrected chi connectivity index (χ1v) is 6.28. The van der Waals surface area contributed by atoms with Gasteiger partial charge in [-0.05, 0) is 42.4 Å². The van der Waals surface area contributed by atoms with Gasteiger partial charge in [-0.3, -0.25) is 4.79 Å². The molecule has 2 rings (SSSR count). The average molecular weight is 232 g/mol. The summed E-state index contributed by atoms with van der Waals surface area (Å²) in [5, 5.41) is 0. The number of methoxy groups -OCH3 is 1. The second-order valence-corrected chi connectivity index (χ2v) is 5.09. The smallest absolute Gasteiger partial charge is 0.133 e. The highest BCUT2D eigenvalue weighted by Crippen LogP contribution is 2.37. The molecule has 0 aliphatic heterocycles. The highest BCUT2D eigenvalue weighted by atomic mass is 16.5. The Morgan fingerprint density at radius 1 is 1.35 bits per heavy atom. The third-order valence-electron chi connectivity index (χ3n) is 3.82. The Morgan fingerprint density at radius 3 is 2.71 bits per heavy atom. The molecule has 17 heavy (non-hydrogen) atoms. The summed E-state index contributed by atoms with van der Waals surface area (Å²) in [6.45, 7) is 4.25. The molecule has 1 aliphatic carbocycles. The SMILES string of the molecule is COc1ccc(C2CCC(=O)CC2C)cc1C. The highest BCUT2D eigenvalue weighted by Gasteiger charge is 2.27. The predicted octanol–water partition coefficient (Wildman–Crippen LogP) is 3.48. The molecule has 1 saturated carbocycles. The zero-order valence-corrected chi connectivity index (χ0v) is 10.8. The number of benzene rings is 1. The molecule has 1 aliphatic rings. The molecule has 0 radical (unpaired) electrons. The highest BCUT2D eigenvalue weighted by molar-refractivity contribution is 5.79. The maximum Gasteiger partial charge on any atom is 0.133 e. The molecule has 2 unspecified atom stereocenters. The van der Waals surface area contributed by atoms with E-state index in [-0.39, 0.29) is 0 Å². The molecule has 0 saturated heterocycles. The first-order chi connectivity index (χ1) is 8.11. The fraction of sp³-hybridized carbons (Fsp3) is 0.533. The molecule has 2 nitrogen and oxygen atoms in total. The Balaban J connectivity index is 2.22. The lowest BCUT2D eigenvalue weighted by atomic mass is 9.76. The van der Waals surface area contributed by atoms with Gasteiger partial charge in [-0.2, -0.15) is 0 Å². The topological polar surface area (TPSA) is 26.3 Å². The molecule has 0 bridgehead atoms. The zero-order valence-electron chi connectivity index (χ0n) is 10.8. The summed E-state index contributed by atoms with van der Waals surface area (Å²) in [5.41, 5.74) is 2.53. The summed E-state index contributed by atoms with van der Waals surface area (Å²) in [6, 6.07) is 6.38. The van der Waals surface area contributed by atoms with Crippen LogP contribution in [-0.2, 0) is 4.79 Å². The van der Waals surface area contributed by atoms with Crippen LogP contribution in [0.5, 0.6) is 5.75 Å². The summed E-state index contributed by atoms with van der Waals surface area (Å²) >= 11 is 0. The van der Waals surface area contributed by atoms with E-state index in [0.717, 1.165) is 25.0 Å². The van der Waals surface area contributed by atoms with E-state index in [1.165, 1.54) is 11.1 Å². The van der Waals surface area contributed by atoms with E-state index in [1.54, 1.807) is 7.11 Å². The van der Waals surface area contributed by atoms with Crippen molar-refractivity contribution in [2.45, 2.75) is 39.0 Å². The van der Waals surface area contributed by atoms with Gasteiger partial charge in [-0.15, -0.1) is 0 Å². The predicted molar refractivity (Wildman–Crippen MR) is 68.5 cm³/mol. The van der Waals surface area contributed by atoms with Gasteiger partial charge < -0.3 is 4.74 Å². The maximum absolute atomic E-state index is 11.4. The van der Waals surface area contributed by atoms with Crippen molar-refractivity contribution in [1.29, 1.82) is 0 Å².